The van der Waals surface area contributed by atoms with E-state index in [0.29, 0.717) is 38.6 Å². The Morgan fingerprint density at radius 1 is 1.26 bits per heavy atom. The lowest BCUT2D eigenvalue weighted by Crippen LogP contribution is -2.40. The van der Waals surface area contributed by atoms with E-state index in [9.17, 15) is 5.11 Å². The lowest BCUT2D eigenvalue weighted by molar-refractivity contribution is -0.0565. The van der Waals surface area contributed by atoms with Crippen molar-refractivity contribution in [3.8, 4) is 0 Å². The molecule has 128 valence electrons. The van der Waals surface area contributed by atoms with Gasteiger partial charge >= 0.3 is 0 Å². The zero-order valence-corrected chi connectivity index (χ0v) is 15.7. The zero-order valence-electron chi connectivity index (χ0n) is 13.4. The van der Waals surface area contributed by atoms with Crippen molar-refractivity contribution in [2.45, 2.75) is 44.1 Å². The van der Waals surface area contributed by atoms with Gasteiger partial charge in [0.05, 0.1) is 12.1 Å². The second kappa shape index (κ2) is 8.30. The van der Waals surface area contributed by atoms with E-state index in [-0.39, 0.29) is 24.0 Å². The minimum atomic E-state index is -0.777. The molecule has 4 N–H and O–H groups in total. The Bertz CT molecular complexity index is 557. The molecule has 1 saturated heterocycles. The highest BCUT2D eigenvalue weighted by Gasteiger charge is 2.29. The summed E-state index contributed by atoms with van der Waals surface area (Å²) in [5.41, 5.74) is 9.05. The fourth-order valence-electron chi connectivity index (χ4n) is 3.22. The van der Waals surface area contributed by atoms with Gasteiger partial charge < -0.3 is 20.9 Å². The van der Waals surface area contributed by atoms with Gasteiger partial charge in [-0.3, -0.25) is 4.99 Å². The molecule has 5 nitrogen and oxygen atoms in total. The number of aliphatic hydroxyl groups is 1. The number of hydrogen-bond acceptors (Lipinski definition) is 3. The molecule has 1 heterocycles. The van der Waals surface area contributed by atoms with Crippen LogP contribution in [0.25, 0.3) is 0 Å². The van der Waals surface area contributed by atoms with Crippen LogP contribution in [0, 0.1) is 0 Å². The smallest absolute Gasteiger partial charge is 0.193 e. The van der Waals surface area contributed by atoms with Crippen LogP contribution in [0.15, 0.2) is 23.2 Å². The third kappa shape index (κ3) is 4.81. The van der Waals surface area contributed by atoms with Gasteiger partial charge in [0.25, 0.3) is 0 Å². The van der Waals surface area contributed by atoms with Gasteiger partial charge in [-0.05, 0) is 42.9 Å². The summed E-state index contributed by atoms with van der Waals surface area (Å²) >= 11 is 0. The number of benzene rings is 1. The molecule has 0 saturated carbocycles. The number of ether oxygens (including phenoxy) is 1. The molecule has 3 rings (SSSR count). The van der Waals surface area contributed by atoms with E-state index < -0.39 is 5.60 Å². The summed E-state index contributed by atoms with van der Waals surface area (Å²) < 4.78 is 5.27. The van der Waals surface area contributed by atoms with Gasteiger partial charge in [0.2, 0.25) is 0 Å². The van der Waals surface area contributed by atoms with Gasteiger partial charge in [0, 0.05) is 31.7 Å². The molecular weight excluding hydrogens is 405 g/mol. The molecule has 0 bridgehead atoms. The van der Waals surface area contributed by atoms with Crippen LogP contribution in [-0.4, -0.2) is 36.4 Å². The molecule has 0 radical (unpaired) electrons. The van der Waals surface area contributed by atoms with Gasteiger partial charge in [-0.15, -0.1) is 24.0 Å². The van der Waals surface area contributed by atoms with E-state index in [1.54, 1.807) is 0 Å². The number of nitrogens with one attached hydrogen (secondary N) is 1. The van der Waals surface area contributed by atoms with Crippen molar-refractivity contribution < 1.29 is 9.84 Å². The summed E-state index contributed by atoms with van der Waals surface area (Å²) in [5, 5.41) is 13.6. The zero-order chi connectivity index (χ0) is 15.4. The summed E-state index contributed by atoms with van der Waals surface area (Å²) in [6.45, 7) is 1.50. The number of rotatable bonds is 3. The van der Waals surface area contributed by atoms with Crippen LogP contribution in [0.2, 0.25) is 0 Å². The summed E-state index contributed by atoms with van der Waals surface area (Å²) in [6.07, 6.45) is 5.95. The summed E-state index contributed by atoms with van der Waals surface area (Å²) in [5.74, 6) is 0.374. The van der Waals surface area contributed by atoms with E-state index in [2.05, 4.69) is 28.5 Å². The Hall–Kier alpha value is -0.860. The first-order valence-corrected chi connectivity index (χ1v) is 8.14. The van der Waals surface area contributed by atoms with E-state index in [0.717, 1.165) is 18.5 Å². The molecule has 1 aromatic rings. The molecule has 1 aromatic carbocycles. The molecule has 1 fully saturated rings. The molecule has 0 unspecified atom stereocenters. The van der Waals surface area contributed by atoms with E-state index in [4.69, 9.17) is 10.5 Å². The van der Waals surface area contributed by atoms with Gasteiger partial charge in [-0.1, -0.05) is 12.1 Å². The van der Waals surface area contributed by atoms with E-state index in [1.807, 2.05) is 0 Å². The maximum absolute atomic E-state index is 10.4. The Kier molecular flexibility index (Phi) is 6.67. The topological polar surface area (TPSA) is 79.9 Å². The average Bonchev–Trinajstić information content (AvgIpc) is 2.54. The molecule has 2 aliphatic rings. The molecule has 0 amide bonds. The normalized spacial score (nSPS) is 20.3. The molecule has 0 aromatic heterocycles. The first kappa shape index (κ1) is 18.5. The van der Waals surface area contributed by atoms with Crippen LogP contribution in [0.1, 0.15) is 36.8 Å². The lowest BCUT2D eigenvalue weighted by Gasteiger charge is -2.30. The van der Waals surface area contributed by atoms with Crippen LogP contribution in [0.5, 0.6) is 0 Å². The Morgan fingerprint density at radius 3 is 2.78 bits per heavy atom. The summed E-state index contributed by atoms with van der Waals surface area (Å²) in [4.78, 5) is 4.34. The number of nitrogens with two attached hydrogens (primary N) is 1. The molecule has 1 aliphatic carbocycles. The highest BCUT2D eigenvalue weighted by Crippen LogP contribution is 2.27. The molecule has 6 heteroatoms. The predicted molar refractivity (Wildman–Crippen MR) is 104 cm³/mol. The lowest BCUT2D eigenvalue weighted by atomic mass is 9.90. The van der Waals surface area contributed by atoms with Crippen LogP contribution in [0.4, 0.5) is 5.69 Å². The van der Waals surface area contributed by atoms with Crippen LogP contribution in [-0.2, 0) is 17.6 Å². The molecule has 0 spiro atoms. The minimum absolute atomic E-state index is 0. The van der Waals surface area contributed by atoms with Crippen molar-refractivity contribution in [3.05, 3.63) is 29.3 Å². The number of hydrogen-bond donors (Lipinski definition) is 3. The van der Waals surface area contributed by atoms with Crippen LogP contribution in [0.3, 0.4) is 0 Å². The first-order chi connectivity index (χ1) is 10.7. The highest BCUT2D eigenvalue weighted by molar-refractivity contribution is 14.0. The van der Waals surface area contributed by atoms with E-state index in [1.165, 1.54) is 24.0 Å². The van der Waals surface area contributed by atoms with Gasteiger partial charge in [0.15, 0.2) is 5.96 Å². The van der Waals surface area contributed by atoms with Crippen molar-refractivity contribution in [1.29, 1.82) is 0 Å². The monoisotopic (exact) mass is 431 g/mol. The first-order valence-electron chi connectivity index (χ1n) is 8.14. The second-order valence-electron chi connectivity index (χ2n) is 6.31. The Labute approximate surface area is 154 Å². The number of nitrogens with zero attached hydrogens (tertiary/aromatic N) is 1. The number of halogens is 1. The van der Waals surface area contributed by atoms with Gasteiger partial charge in [0.1, 0.15) is 0 Å². The van der Waals surface area contributed by atoms with Crippen molar-refractivity contribution in [2.24, 2.45) is 10.7 Å². The maximum atomic E-state index is 10.4. The van der Waals surface area contributed by atoms with Crippen molar-refractivity contribution in [3.63, 3.8) is 0 Å². The van der Waals surface area contributed by atoms with E-state index >= 15 is 0 Å². The number of aliphatic imine (C=N–C) groups is 1. The van der Waals surface area contributed by atoms with Crippen molar-refractivity contribution in [2.75, 3.05) is 25.1 Å². The third-order valence-electron chi connectivity index (χ3n) is 4.63. The Balaban J connectivity index is 0.00000192. The largest absolute Gasteiger partial charge is 0.388 e. The van der Waals surface area contributed by atoms with Crippen molar-refractivity contribution >= 4 is 35.6 Å². The molecule has 0 atom stereocenters. The predicted octanol–water partition coefficient (Wildman–Crippen LogP) is 2.45. The van der Waals surface area contributed by atoms with Gasteiger partial charge in [-0.25, -0.2) is 0 Å². The van der Waals surface area contributed by atoms with Gasteiger partial charge in [-0.2, -0.15) is 0 Å². The van der Waals surface area contributed by atoms with Crippen LogP contribution >= 0.6 is 24.0 Å². The molecule has 1 aliphatic heterocycles. The Morgan fingerprint density at radius 2 is 2.00 bits per heavy atom. The third-order valence-corrected chi connectivity index (χ3v) is 4.63. The fourth-order valence-corrected chi connectivity index (χ4v) is 3.22. The van der Waals surface area contributed by atoms with Crippen LogP contribution < -0.4 is 11.1 Å². The fraction of sp³-hybridized carbons (Fsp3) is 0.588. The second-order valence-corrected chi connectivity index (χ2v) is 6.31. The molecule has 23 heavy (non-hydrogen) atoms. The highest BCUT2D eigenvalue weighted by atomic mass is 127. The van der Waals surface area contributed by atoms with Crippen molar-refractivity contribution in [1.82, 2.24) is 0 Å². The average molecular weight is 431 g/mol. The number of guanidine groups is 1. The number of aryl methyl sites for hydroxylation is 1. The minimum Gasteiger partial charge on any atom is -0.388 e. The standard InChI is InChI=1S/C17H25N3O2.HI/c18-16(19-12-17(21)8-10-22-11-9-17)20-15-7-3-5-13-4-1-2-6-14(13)15;/h3,5,7,21H,1-2,4,6,8-12H2,(H3,18,19,20);1H. The maximum Gasteiger partial charge on any atom is 0.193 e. The summed E-state index contributed by atoms with van der Waals surface area (Å²) in [7, 11) is 0. The quantitative estimate of drug-likeness (QED) is 0.390. The SMILES string of the molecule is I.NC(=NCC1(O)CCOCC1)Nc1cccc2c1CCCC2. The number of anilines is 1. The summed E-state index contributed by atoms with van der Waals surface area (Å²) in [6, 6.07) is 6.30. The molecular formula is C17H26IN3O2. The number of fused-ring (bicyclic) bond motifs is 1.